The fourth-order valence-electron chi connectivity index (χ4n) is 3.41. The predicted octanol–water partition coefficient (Wildman–Crippen LogP) is 3.60. The molecule has 4 rings (SSSR count). The number of nitrogens with one attached hydrogen (secondary N) is 1. The molecular weight excluding hydrogens is 324 g/mol. The third kappa shape index (κ3) is 3.47. The average molecular weight is 346 g/mol. The number of rotatable bonds is 4. The summed E-state index contributed by atoms with van der Waals surface area (Å²) in [6, 6.07) is 17.5. The first-order chi connectivity index (χ1) is 12.7. The highest BCUT2D eigenvalue weighted by atomic mass is 16.1. The van der Waals surface area contributed by atoms with Gasteiger partial charge in [-0.25, -0.2) is 0 Å². The lowest BCUT2D eigenvalue weighted by molar-refractivity contribution is -0.115. The minimum atomic E-state index is -0.0831. The third-order valence-corrected chi connectivity index (χ3v) is 4.77. The molecule has 3 N–H and O–H groups in total. The van der Waals surface area contributed by atoms with Crippen molar-refractivity contribution < 1.29 is 4.79 Å². The maximum absolute atomic E-state index is 12.4. The van der Waals surface area contributed by atoms with Crippen LogP contribution in [0.25, 0.3) is 10.9 Å². The molecule has 1 fully saturated rings. The number of benzene rings is 2. The summed E-state index contributed by atoms with van der Waals surface area (Å²) in [5.41, 5.74) is 10.1. The summed E-state index contributed by atoms with van der Waals surface area (Å²) < 4.78 is 0. The number of anilines is 3. The number of para-hydroxylation sites is 1. The molecule has 1 aromatic heterocycles. The lowest BCUT2D eigenvalue weighted by atomic mass is 10.1. The standard InChI is InChI=1S/C21H22N4O/c22-19-5-3-4-15-6-7-17(24-21(15)19)14-20(26)23-16-8-10-18(11-9-16)25-12-1-2-13-25/h3-11H,1-2,12-14,22H2,(H,23,26). The van der Waals surface area contributed by atoms with Crippen LogP contribution in [-0.4, -0.2) is 24.0 Å². The number of hydrogen-bond donors (Lipinski definition) is 2. The molecule has 1 aliphatic heterocycles. The van der Waals surface area contributed by atoms with Gasteiger partial charge < -0.3 is 16.0 Å². The van der Waals surface area contributed by atoms with Crippen LogP contribution in [0.1, 0.15) is 18.5 Å². The molecule has 5 nitrogen and oxygen atoms in total. The minimum absolute atomic E-state index is 0.0831. The summed E-state index contributed by atoms with van der Waals surface area (Å²) >= 11 is 0. The average Bonchev–Trinajstić information content (AvgIpc) is 3.18. The molecule has 2 aromatic carbocycles. The molecule has 1 amide bonds. The van der Waals surface area contributed by atoms with E-state index in [1.165, 1.54) is 18.5 Å². The van der Waals surface area contributed by atoms with Crippen LogP contribution in [-0.2, 0) is 11.2 Å². The number of nitrogens with two attached hydrogens (primary N) is 1. The Balaban J connectivity index is 1.43. The van der Waals surface area contributed by atoms with Crippen molar-refractivity contribution in [3.8, 4) is 0 Å². The van der Waals surface area contributed by atoms with Crippen LogP contribution in [0.4, 0.5) is 17.1 Å². The van der Waals surface area contributed by atoms with E-state index in [4.69, 9.17) is 5.73 Å². The largest absolute Gasteiger partial charge is 0.397 e. The molecule has 1 saturated heterocycles. The molecule has 2 heterocycles. The molecule has 0 aliphatic carbocycles. The Morgan fingerprint density at radius 2 is 1.81 bits per heavy atom. The molecule has 3 aromatic rings. The number of nitrogen functional groups attached to an aromatic ring is 1. The van der Waals surface area contributed by atoms with Crippen LogP contribution >= 0.6 is 0 Å². The number of carbonyl (C=O) groups excluding carboxylic acids is 1. The number of fused-ring (bicyclic) bond motifs is 1. The Labute approximate surface area is 152 Å². The van der Waals surface area contributed by atoms with E-state index in [9.17, 15) is 4.79 Å². The summed E-state index contributed by atoms with van der Waals surface area (Å²) in [6.07, 6.45) is 2.72. The Bertz CT molecular complexity index is 930. The van der Waals surface area contributed by atoms with Gasteiger partial charge in [0.1, 0.15) is 0 Å². The van der Waals surface area contributed by atoms with Crippen molar-refractivity contribution in [3.05, 3.63) is 60.3 Å². The van der Waals surface area contributed by atoms with Crippen molar-refractivity contribution in [2.75, 3.05) is 29.0 Å². The van der Waals surface area contributed by atoms with E-state index in [2.05, 4.69) is 27.3 Å². The van der Waals surface area contributed by atoms with Crippen molar-refractivity contribution in [1.29, 1.82) is 0 Å². The van der Waals surface area contributed by atoms with Gasteiger partial charge in [0, 0.05) is 29.9 Å². The summed E-state index contributed by atoms with van der Waals surface area (Å²) in [5, 5.41) is 3.92. The lowest BCUT2D eigenvalue weighted by Crippen LogP contribution is -2.18. The maximum Gasteiger partial charge on any atom is 0.230 e. The van der Waals surface area contributed by atoms with Crippen molar-refractivity contribution >= 4 is 33.9 Å². The Hall–Kier alpha value is -3.08. The first kappa shape index (κ1) is 16.4. The number of amides is 1. The normalized spacial score (nSPS) is 13.9. The topological polar surface area (TPSA) is 71.2 Å². The van der Waals surface area contributed by atoms with Gasteiger partial charge >= 0.3 is 0 Å². The molecule has 0 spiro atoms. The second-order valence-electron chi connectivity index (χ2n) is 6.69. The third-order valence-electron chi connectivity index (χ3n) is 4.77. The monoisotopic (exact) mass is 346 g/mol. The Morgan fingerprint density at radius 3 is 2.58 bits per heavy atom. The van der Waals surface area contributed by atoms with Gasteiger partial charge in [0.05, 0.1) is 23.3 Å². The van der Waals surface area contributed by atoms with Crippen molar-refractivity contribution in [3.63, 3.8) is 0 Å². The van der Waals surface area contributed by atoms with Crippen molar-refractivity contribution in [2.45, 2.75) is 19.3 Å². The molecule has 0 atom stereocenters. The lowest BCUT2D eigenvalue weighted by Gasteiger charge is -2.17. The fourth-order valence-corrected chi connectivity index (χ4v) is 3.41. The van der Waals surface area contributed by atoms with Crippen LogP contribution in [0.2, 0.25) is 0 Å². The SMILES string of the molecule is Nc1cccc2ccc(CC(=O)Nc3ccc(N4CCCC4)cc3)nc12. The first-order valence-electron chi connectivity index (χ1n) is 8.98. The second-order valence-corrected chi connectivity index (χ2v) is 6.69. The Morgan fingerprint density at radius 1 is 1.04 bits per heavy atom. The van der Waals surface area contributed by atoms with E-state index in [-0.39, 0.29) is 12.3 Å². The molecule has 0 radical (unpaired) electrons. The van der Waals surface area contributed by atoms with Gasteiger partial charge in [-0.2, -0.15) is 0 Å². The number of hydrogen-bond acceptors (Lipinski definition) is 4. The van der Waals surface area contributed by atoms with Gasteiger partial charge in [-0.15, -0.1) is 0 Å². The minimum Gasteiger partial charge on any atom is -0.397 e. The highest BCUT2D eigenvalue weighted by molar-refractivity contribution is 5.93. The highest BCUT2D eigenvalue weighted by Crippen LogP contribution is 2.22. The smallest absolute Gasteiger partial charge is 0.230 e. The molecule has 1 aliphatic rings. The number of carbonyl (C=O) groups is 1. The quantitative estimate of drug-likeness (QED) is 0.708. The summed E-state index contributed by atoms with van der Waals surface area (Å²) in [6.45, 7) is 2.23. The maximum atomic E-state index is 12.4. The van der Waals surface area contributed by atoms with Crippen molar-refractivity contribution in [2.24, 2.45) is 0 Å². The highest BCUT2D eigenvalue weighted by Gasteiger charge is 2.12. The van der Waals surface area contributed by atoms with Crippen LogP contribution in [0, 0.1) is 0 Å². The first-order valence-corrected chi connectivity index (χ1v) is 8.98. The molecule has 132 valence electrons. The molecule has 0 unspecified atom stereocenters. The van der Waals surface area contributed by atoms with Crippen LogP contribution in [0.5, 0.6) is 0 Å². The van der Waals surface area contributed by atoms with E-state index in [0.717, 1.165) is 29.7 Å². The van der Waals surface area contributed by atoms with Gasteiger partial charge in [-0.3, -0.25) is 9.78 Å². The molecule has 5 heteroatoms. The van der Waals surface area contributed by atoms with Crippen LogP contribution < -0.4 is 16.0 Å². The summed E-state index contributed by atoms with van der Waals surface area (Å²) in [5.74, 6) is -0.0831. The number of aromatic nitrogens is 1. The molecular formula is C21H22N4O. The van der Waals surface area contributed by atoms with Gasteiger partial charge in [0.25, 0.3) is 0 Å². The number of pyridine rings is 1. The summed E-state index contributed by atoms with van der Waals surface area (Å²) in [7, 11) is 0. The van der Waals surface area contributed by atoms with E-state index in [0.29, 0.717) is 11.4 Å². The van der Waals surface area contributed by atoms with Gasteiger partial charge in [-0.05, 0) is 49.2 Å². The Kier molecular flexibility index (Phi) is 4.44. The number of nitrogens with zero attached hydrogens (tertiary/aromatic N) is 2. The van der Waals surface area contributed by atoms with Gasteiger partial charge in [0.15, 0.2) is 0 Å². The van der Waals surface area contributed by atoms with E-state index in [1.807, 2.05) is 42.5 Å². The van der Waals surface area contributed by atoms with E-state index in [1.54, 1.807) is 0 Å². The van der Waals surface area contributed by atoms with Gasteiger partial charge in [0.2, 0.25) is 5.91 Å². The van der Waals surface area contributed by atoms with Crippen LogP contribution in [0.3, 0.4) is 0 Å². The zero-order valence-electron chi connectivity index (χ0n) is 14.6. The van der Waals surface area contributed by atoms with Gasteiger partial charge in [-0.1, -0.05) is 18.2 Å². The van der Waals surface area contributed by atoms with E-state index >= 15 is 0 Å². The molecule has 26 heavy (non-hydrogen) atoms. The zero-order chi connectivity index (χ0) is 17.9. The van der Waals surface area contributed by atoms with E-state index < -0.39 is 0 Å². The summed E-state index contributed by atoms with van der Waals surface area (Å²) in [4.78, 5) is 19.3. The molecule has 0 saturated carbocycles. The molecule has 0 bridgehead atoms. The second kappa shape index (κ2) is 7.04. The fraction of sp³-hybridized carbons (Fsp3) is 0.238. The van der Waals surface area contributed by atoms with Crippen molar-refractivity contribution in [1.82, 2.24) is 4.98 Å². The predicted molar refractivity (Wildman–Crippen MR) is 106 cm³/mol. The van der Waals surface area contributed by atoms with Crippen LogP contribution in [0.15, 0.2) is 54.6 Å². The zero-order valence-corrected chi connectivity index (χ0v) is 14.6.